The second-order valence-corrected chi connectivity index (χ2v) is 10.5. The average Bonchev–Trinajstić information content (AvgIpc) is 3.08. The van der Waals surface area contributed by atoms with Crippen molar-refractivity contribution < 1.29 is 27.1 Å². The molecule has 2 aromatic rings. The number of rotatable bonds is 8. The van der Waals surface area contributed by atoms with Crippen molar-refractivity contribution in [2.75, 3.05) is 23.9 Å². The zero-order valence-corrected chi connectivity index (χ0v) is 18.9. The van der Waals surface area contributed by atoms with Gasteiger partial charge in [0.1, 0.15) is 17.4 Å². The summed E-state index contributed by atoms with van der Waals surface area (Å²) in [5.74, 6) is -0.387. The lowest BCUT2D eigenvalue weighted by molar-refractivity contribution is -0.111. The summed E-state index contributed by atoms with van der Waals surface area (Å²) in [7, 11) is -3.42. The fraction of sp³-hybridized carbons (Fsp3) is 0.381. The Hall–Kier alpha value is -2.37. The molecule has 1 saturated carbocycles. The Morgan fingerprint density at radius 2 is 1.84 bits per heavy atom. The maximum atomic E-state index is 13.7. The third-order valence-electron chi connectivity index (χ3n) is 4.90. The Bertz CT molecular complexity index is 1070. The molecule has 32 heavy (non-hydrogen) atoms. The molecule has 0 radical (unpaired) electrons. The van der Waals surface area contributed by atoms with Crippen molar-refractivity contribution in [3.8, 4) is 0 Å². The average molecular weight is 484 g/mol. The van der Waals surface area contributed by atoms with Crippen LogP contribution in [0.1, 0.15) is 18.4 Å². The van der Waals surface area contributed by atoms with E-state index in [2.05, 4.69) is 15.3 Å². The molecule has 0 spiro atoms. The summed E-state index contributed by atoms with van der Waals surface area (Å²) in [6, 6.07) is 5.72. The first-order chi connectivity index (χ1) is 15.2. The van der Waals surface area contributed by atoms with E-state index in [9.17, 15) is 22.0 Å². The van der Waals surface area contributed by atoms with E-state index in [1.165, 1.54) is 54.5 Å². The summed E-state index contributed by atoms with van der Waals surface area (Å²) >= 11 is 1.31. The number of thioether (sulfide) groups is 1. The van der Waals surface area contributed by atoms with Crippen LogP contribution in [0.2, 0.25) is 0 Å². The SMILES string of the molecule is CS(=O)(=O)c1ccc(/C(=C\C2CC(F)C(F)C2)C(=O)Nc2cnc(SCCO)cn2)cc1. The van der Waals surface area contributed by atoms with Gasteiger partial charge in [0.05, 0.1) is 23.9 Å². The minimum atomic E-state index is -3.42. The Labute approximate surface area is 189 Å². The van der Waals surface area contributed by atoms with Gasteiger partial charge in [-0.2, -0.15) is 0 Å². The van der Waals surface area contributed by atoms with Crippen molar-refractivity contribution in [1.82, 2.24) is 9.97 Å². The molecule has 0 bridgehead atoms. The van der Waals surface area contributed by atoms with Crippen LogP contribution in [0.4, 0.5) is 14.6 Å². The van der Waals surface area contributed by atoms with Gasteiger partial charge in [-0.05, 0) is 36.5 Å². The minimum Gasteiger partial charge on any atom is -0.396 e. The number of carbonyl (C=O) groups excluding carboxylic acids is 1. The second kappa shape index (κ2) is 10.5. The number of aliphatic hydroxyl groups is 1. The molecule has 7 nitrogen and oxygen atoms in total. The van der Waals surface area contributed by atoms with E-state index in [-0.39, 0.29) is 35.7 Å². The lowest BCUT2D eigenvalue weighted by Gasteiger charge is -2.12. The van der Waals surface area contributed by atoms with E-state index in [4.69, 9.17) is 5.11 Å². The quantitative estimate of drug-likeness (QED) is 0.439. The first kappa shape index (κ1) is 24.3. The number of nitrogens with zero attached hydrogens (tertiary/aromatic N) is 2. The molecule has 2 N–H and O–H groups in total. The van der Waals surface area contributed by atoms with E-state index in [1.807, 2.05) is 0 Å². The first-order valence-corrected chi connectivity index (χ1v) is 12.7. The highest BCUT2D eigenvalue weighted by atomic mass is 32.2. The molecule has 0 aliphatic heterocycles. The van der Waals surface area contributed by atoms with Crippen molar-refractivity contribution in [3.05, 3.63) is 48.3 Å². The number of benzene rings is 1. The number of carbonyl (C=O) groups is 1. The van der Waals surface area contributed by atoms with Gasteiger partial charge in [-0.15, -0.1) is 11.8 Å². The second-order valence-electron chi connectivity index (χ2n) is 7.41. The standard InChI is InChI=1S/C21H23F2N3O4S2/c1-32(29,30)15-4-2-14(3-5-15)16(8-13-9-17(22)18(23)10-13)21(28)26-19-11-25-20(12-24-19)31-7-6-27/h2-5,8,11-13,17-18,27H,6-7,9-10H2,1H3,(H,24,26,28)/b16-8+. The summed E-state index contributed by atoms with van der Waals surface area (Å²) < 4.78 is 50.8. The number of halogens is 2. The number of aromatic nitrogens is 2. The number of sulfone groups is 1. The van der Waals surface area contributed by atoms with Crippen LogP contribution in [0, 0.1) is 5.92 Å². The molecule has 1 fully saturated rings. The Kier molecular flexibility index (Phi) is 7.96. The van der Waals surface area contributed by atoms with Crippen LogP contribution in [0.25, 0.3) is 5.57 Å². The number of aliphatic hydroxyl groups excluding tert-OH is 1. The van der Waals surface area contributed by atoms with E-state index in [0.717, 1.165) is 6.26 Å². The first-order valence-electron chi connectivity index (χ1n) is 9.85. The molecule has 1 aromatic heterocycles. The highest BCUT2D eigenvalue weighted by Gasteiger charge is 2.34. The van der Waals surface area contributed by atoms with Crippen LogP contribution in [0.3, 0.4) is 0 Å². The van der Waals surface area contributed by atoms with Crippen molar-refractivity contribution in [2.45, 2.75) is 35.1 Å². The third-order valence-corrected chi connectivity index (χ3v) is 6.92. The molecule has 11 heteroatoms. The number of amides is 1. The van der Waals surface area contributed by atoms with E-state index in [1.54, 1.807) is 0 Å². The monoisotopic (exact) mass is 483 g/mol. The maximum Gasteiger partial charge on any atom is 0.257 e. The number of nitrogens with one attached hydrogen (secondary N) is 1. The van der Waals surface area contributed by atoms with Crippen LogP contribution in [0.15, 0.2) is 52.7 Å². The van der Waals surface area contributed by atoms with Gasteiger partial charge in [-0.3, -0.25) is 4.79 Å². The molecular formula is C21H23F2N3O4S2. The van der Waals surface area contributed by atoms with Crippen LogP contribution in [-0.2, 0) is 14.6 Å². The summed E-state index contributed by atoms with van der Waals surface area (Å²) in [6.45, 7) is -0.00223. The van der Waals surface area contributed by atoms with E-state index >= 15 is 0 Å². The zero-order valence-electron chi connectivity index (χ0n) is 17.2. The normalized spacial score (nSPS) is 21.5. The highest BCUT2D eigenvalue weighted by molar-refractivity contribution is 7.99. The molecule has 1 heterocycles. The van der Waals surface area contributed by atoms with Gasteiger partial charge in [-0.25, -0.2) is 27.2 Å². The zero-order chi connectivity index (χ0) is 23.3. The lowest BCUT2D eigenvalue weighted by atomic mass is 9.98. The Balaban J connectivity index is 1.85. The molecule has 2 atom stereocenters. The molecule has 3 rings (SSSR count). The molecular weight excluding hydrogens is 460 g/mol. The predicted octanol–water partition coefficient (Wildman–Crippen LogP) is 3.07. The van der Waals surface area contributed by atoms with Crippen LogP contribution in [0.5, 0.6) is 0 Å². The molecule has 2 unspecified atom stereocenters. The van der Waals surface area contributed by atoms with Gasteiger partial charge in [-0.1, -0.05) is 18.2 Å². The molecule has 172 valence electrons. The van der Waals surface area contributed by atoms with Crippen molar-refractivity contribution in [1.29, 1.82) is 0 Å². The van der Waals surface area contributed by atoms with Gasteiger partial charge < -0.3 is 10.4 Å². The van der Waals surface area contributed by atoms with E-state index in [0.29, 0.717) is 16.3 Å². The number of hydrogen-bond donors (Lipinski definition) is 2. The van der Waals surface area contributed by atoms with Crippen LogP contribution in [-0.4, -0.2) is 60.4 Å². The molecule has 1 amide bonds. The smallest absolute Gasteiger partial charge is 0.257 e. The molecule has 1 aromatic carbocycles. The molecule has 1 aliphatic rings. The molecule has 1 aliphatic carbocycles. The summed E-state index contributed by atoms with van der Waals surface area (Å²) in [5.41, 5.74) is 0.576. The van der Waals surface area contributed by atoms with Crippen LogP contribution >= 0.6 is 11.8 Å². The van der Waals surface area contributed by atoms with Crippen molar-refractivity contribution in [3.63, 3.8) is 0 Å². The topological polar surface area (TPSA) is 109 Å². The predicted molar refractivity (Wildman–Crippen MR) is 119 cm³/mol. The number of alkyl halides is 2. The molecule has 0 saturated heterocycles. The summed E-state index contributed by atoms with van der Waals surface area (Å²) in [5, 5.41) is 12.1. The lowest BCUT2D eigenvalue weighted by Crippen LogP contribution is -2.16. The number of hydrogen-bond acceptors (Lipinski definition) is 7. The fourth-order valence-electron chi connectivity index (χ4n) is 3.32. The van der Waals surface area contributed by atoms with E-state index < -0.39 is 34.0 Å². The largest absolute Gasteiger partial charge is 0.396 e. The Morgan fingerprint density at radius 1 is 1.19 bits per heavy atom. The third kappa shape index (κ3) is 6.33. The van der Waals surface area contributed by atoms with Gasteiger partial charge in [0.15, 0.2) is 15.7 Å². The van der Waals surface area contributed by atoms with Crippen molar-refractivity contribution >= 4 is 38.9 Å². The fourth-order valence-corrected chi connectivity index (χ4v) is 4.50. The summed E-state index contributed by atoms with van der Waals surface area (Å²) in [6.07, 6.45) is 2.20. The summed E-state index contributed by atoms with van der Waals surface area (Å²) in [4.78, 5) is 21.4. The highest BCUT2D eigenvalue weighted by Crippen LogP contribution is 2.34. The Morgan fingerprint density at radius 3 is 2.38 bits per heavy atom. The minimum absolute atomic E-state index is 0.00223. The van der Waals surface area contributed by atoms with Crippen molar-refractivity contribution in [2.24, 2.45) is 5.92 Å². The van der Waals surface area contributed by atoms with Gasteiger partial charge in [0.25, 0.3) is 5.91 Å². The maximum absolute atomic E-state index is 13.7. The van der Waals surface area contributed by atoms with Gasteiger partial charge >= 0.3 is 0 Å². The number of anilines is 1. The van der Waals surface area contributed by atoms with Gasteiger partial charge in [0, 0.05) is 17.6 Å². The van der Waals surface area contributed by atoms with Gasteiger partial charge in [0.2, 0.25) is 0 Å². The van der Waals surface area contributed by atoms with Crippen LogP contribution < -0.4 is 5.32 Å². The number of allylic oxidation sites excluding steroid dienone is 1.